The van der Waals surface area contributed by atoms with Gasteiger partial charge in [0.2, 0.25) is 5.91 Å². The van der Waals surface area contributed by atoms with Crippen LogP contribution in [0.1, 0.15) is 25.7 Å². The highest BCUT2D eigenvalue weighted by molar-refractivity contribution is 5.95. The number of anilines is 1. The number of hydrogen-bond donors (Lipinski definition) is 2. The lowest BCUT2D eigenvalue weighted by molar-refractivity contribution is -0.115. The van der Waals surface area contributed by atoms with Gasteiger partial charge in [-0.1, -0.05) is 6.42 Å². The van der Waals surface area contributed by atoms with Crippen LogP contribution in [-0.4, -0.2) is 67.5 Å². The summed E-state index contributed by atoms with van der Waals surface area (Å²) in [6.45, 7) is 4.45. The standard InChI is InChI=1S/C19H28FN5O/c1-21-19(22-13-18(26)23-16-7-5-15(20)6-8-16)25-12-9-17(14-25)24-10-3-2-4-11-24/h5-8,17H,2-4,9-14H2,1H3,(H,21,22)(H,23,26). The molecule has 1 aromatic rings. The highest BCUT2D eigenvalue weighted by Crippen LogP contribution is 2.20. The lowest BCUT2D eigenvalue weighted by Crippen LogP contribution is -2.46. The first-order valence-corrected chi connectivity index (χ1v) is 9.41. The third-order valence-electron chi connectivity index (χ3n) is 5.12. The molecule has 0 saturated carbocycles. The van der Waals surface area contributed by atoms with E-state index in [-0.39, 0.29) is 18.3 Å². The number of piperidine rings is 1. The predicted molar refractivity (Wildman–Crippen MR) is 102 cm³/mol. The molecular weight excluding hydrogens is 333 g/mol. The van der Waals surface area contributed by atoms with Gasteiger partial charge >= 0.3 is 0 Å². The van der Waals surface area contributed by atoms with Crippen LogP contribution in [0.25, 0.3) is 0 Å². The smallest absolute Gasteiger partial charge is 0.243 e. The first kappa shape index (κ1) is 18.6. The van der Waals surface area contributed by atoms with Crippen molar-refractivity contribution in [1.82, 2.24) is 15.1 Å². The maximum absolute atomic E-state index is 12.9. The topological polar surface area (TPSA) is 60.0 Å². The summed E-state index contributed by atoms with van der Waals surface area (Å²) in [7, 11) is 1.74. The first-order chi connectivity index (χ1) is 12.7. The summed E-state index contributed by atoms with van der Waals surface area (Å²) in [5.41, 5.74) is 0.583. The molecule has 2 aliphatic rings. The Morgan fingerprint density at radius 2 is 1.92 bits per heavy atom. The molecule has 2 fully saturated rings. The number of benzene rings is 1. The number of rotatable bonds is 4. The Hall–Kier alpha value is -2.15. The minimum absolute atomic E-state index is 0.134. The van der Waals surface area contributed by atoms with Crippen molar-refractivity contribution in [2.75, 3.05) is 45.1 Å². The first-order valence-electron chi connectivity index (χ1n) is 9.41. The van der Waals surface area contributed by atoms with Crippen molar-refractivity contribution in [2.45, 2.75) is 31.7 Å². The molecule has 0 aromatic heterocycles. The maximum atomic E-state index is 12.9. The van der Waals surface area contributed by atoms with E-state index in [2.05, 4.69) is 25.4 Å². The Balaban J connectivity index is 1.45. The third-order valence-corrected chi connectivity index (χ3v) is 5.12. The molecule has 0 spiro atoms. The molecule has 2 saturated heterocycles. The van der Waals surface area contributed by atoms with Crippen molar-refractivity contribution < 1.29 is 9.18 Å². The van der Waals surface area contributed by atoms with Crippen LogP contribution in [0.3, 0.4) is 0 Å². The zero-order chi connectivity index (χ0) is 18.4. The fourth-order valence-electron chi connectivity index (χ4n) is 3.75. The minimum atomic E-state index is -0.321. The van der Waals surface area contributed by atoms with Crippen LogP contribution in [0, 0.1) is 5.82 Å². The van der Waals surface area contributed by atoms with Crippen LogP contribution in [0.4, 0.5) is 10.1 Å². The summed E-state index contributed by atoms with van der Waals surface area (Å²) in [6.07, 6.45) is 5.09. The van der Waals surface area contributed by atoms with Crippen LogP contribution in [0.2, 0.25) is 0 Å². The minimum Gasteiger partial charge on any atom is -0.347 e. The van der Waals surface area contributed by atoms with Gasteiger partial charge in [-0.2, -0.15) is 0 Å². The summed E-state index contributed by atoms with van der Waals surface area (Å²) in [6, 6.07) is 6.33. The molecule has 7 heteroatoms. The summed E-state index contributed by atoms with van der Waals surface area (Å²) in [4.78, 5) is 21.2. The monoisotopic (exact) mass is 361 g/mol. The van der Waals surface area contributed by atoms with E-state index in [9.17, 15) is 9.18 Å². The van der Waals surface area contributed by atoms with Gasteiger partial charge in [-0.15, -0.1) is 0 Å². The Morgan fingerprint density at radius 3 is 2.62 bits per heavy atom. The maximum Gasteiger partial charge on any atom is 0.243 e. The van der Waals surface area contributed by atoms with Crippen LogP contribution in [-0.2, 0) is 4.79 Å². The fourth-order valence-corrected chi connectivity index (χ4v) is 3.75. The SMILES string of the molecule is CN=C(NCC(=O)Nc1ccc(F)cc1)N1CCC(N2CCCCC2)C1. The molecule has 26 heavy (non-hydrogen) atoms. The molecule has 1 unspecified atom stereocenters. The molecule has 142 valence electrons. The number of halogens is 1. The molecule has 3 rings (SSSR count). The predicted octanol–water partition coefficient (Wildman–Crippen LogP) is 1.90. The van der Waals surface area contributed by atoms with Crippen molar-refractivity contribution in [2.24, 2.45) is 4.99 Å². The number of nitrogens with zero attached hydrogens (tertiary/aromatic N) is 3. The quantitative estimate of drug-likeness (QED) is 0.635. The average molecular weight is 361 g/mol. The van der Waals surface area contributed by atoms with Crippen molar-refractivity contribution in [3.8, 4) is 0 Å². The largest absolute Gasteiger partial charge is 0.347 e. The molecule has 2 N–H and O–H groups in total. The zero-order valence-electron chi connectivity index (χ0n) is 15.4. The second-order valence-corrected chi connectivity index (χ2v) is 6.94. The van der Waals surface area contributed by atoms with Gasteiger partial charge in [-0.3, -0.25) is 14.7 Å². The van der Waals surface area contributed by atoms with Gasteiger partial charge < -0.3 is 15.5 Å². The van der Waals surface area contributed by atoms with E-state index in [4.69, 9.17) is 0 Å². The van der Waals surface area contributed by atoms with E-state index in [1.54, 1.807) is 19.2 Å². The zero-order valence-corrected chi connectivity index (χ0v) is 15.4. The summed E-state index contributed by atoms with van der Waals surface area (Å²) in [5.74, 6) is 0.266. The second kappa shape index (κ2) is 8.98. The molecular formula is C19H28FN5O. The number of amides is 1. The molecule has 2 heterocycles. The highest BCUT2D eigenvalue weighted by atomic mass is 19.1. The van der Waals surface area contributed by atoms with E-state index in [0.717, 1.165) is 25.5 Å². The van der Waals surface area contributed by atoms with Crippen LogP contribution in [0.5, 0.6) is 0 Å². The number of hydrogen-bond acceptors (Lipinski definition) is 3. The van der Waals surface area contributed by atoms with Crippen molar-refractivity contribution >= 4 is 17.6 Å². The number of nitrogens with one attached hydrogen (secondary N) is 2. The number of carbonyl (C=O) groups is 1. The highest BCUT2D eigenvalue weighted by Gasteiger charge is 2.30. The molecule has 0 aliphatic carbocycles. The molecule has 6 nitrogen and oxygen atoms in total. The number of carbonyl (C=O) groups excluding carboxylic acids is 1. The van der Waals surface area contributed by atoms with E-state index in [0.29, 0.717) is 11.7 Å². The fraction of sp³-hybridized carbons (Fsp3) is 0.579. The van der Waals surface area contributed by atoms with Crippen molar-refractivity contribution in [3.63, 3.8) is 0 Å². The molecule has 1 atom stereocenters. The van der Waals surface area contributed by atoms with Gasteiger partial charge in [0.15, 0.2) is 5.96 Å². The number of aliphatic imine (C=N–C) groups is 1. The Kier molecular flexibility index (Phi) is 6.44. The summed E-state index contributed by atoms with van der Waals surface area (Å²) in [5, 5.41) is 5.89. The third kappa shape index (κ3) is 4.94. The Morgan fingerprint density at radius 1 is 1.19 bits per heavy atom. The van der Waals surface area contributed by atoms with Crippen LogP contribution < -0.4 is 10.6 Å². The lowest BCUT2D eigenvalue weighted by atomic mass is 10.1. The lowest BCUT2D eigenvalue weighted by Gasteiger charge is -2.32. The van der Waals surface area contributed by atoms with E-state index >= 15 is 0 Å². The van der Waals surface area contributed by atoms with Gasteiger partial charge in [-0.05, 0) is 56.6 Å². The van der Waals surface area contributed by atoms with Crippen molar-refractivity contribution in [1.29, 1.82) is 0 Å². The van der Waals surface area contributed by atoms with Gasteiger partial charge in [0.05, 0.1) is 6.54 Å². The number of guanidine groups is 1. The molecule has 1 aromatic carbocycles. The van der Waals surface area contributed by atoms with Crippen molar-refractivity contribution in [3.05, 3.63) is 30.1 Å². The van der Waals surface area contributed by atoms with Gasteiger partial charge in [0, 0.05) is 31.9 Å². The van der Waals surface area contributed by atoms with Gasteiger partial charge in [0.25, 0.3) is 0 Å². The van der Waals surface area contributed by atoms with E-state index in [1.807, 2.05) is 0 Å². The summed E-state index contributed by atoms with van der Waals surface area (Å²) < 4.78 is 12.9. The molecule has 0 bridgehead atoms. The second-order valence-electron chi connectivity index (χ2n) is 6.94. The normalized spacial score (nSPS) is 21.7. The average Bonchev–Trinajstić information content (AvgIpc) is 3.15. The molecule has 1 amide bonds. The van der Waals surface area contributed by atoms with E-state index in [1.165, 1.54) is 44.5 Å². The van der Waals surface area contributed by atoms with E-state index < -0.39 is 0 Å². The van der Waals surface area contributed by atoms with Gasteiger partial charge in [0.1, 0.15) is 5.82 Å². The Labute approximate surface area is 154 Å². The molecule has 2 aliphatic heterocycles. The van der Waals surface area contributed by atoms with Crippen LogP contribution >= 0.6 is 0 Å². The Bertz CT molecular complexity index is 627. The number of likely N-dealkylation sites (tertiary alicyclic amines) is 2. The van der Waals surface area contributed by atoms with Crippen LogP contribution in [0.15, 0.2) is 29.3 Å². The summed E-state index contributed by atoms with van der Waals surface area (Å²) >= 11 is 0. The van der Waals surface area contributed by atoms with Gasteiger partial charge in [-0.25, -0.2) is 4.39 Å². The molecule has 0 radical (unpaired) electrons.